The standard InChI is InChI=1S/C11H9ClFNO2/c1-2-16-11(15)9-3-7(5-12)8(6-14)4-10(9)13/h3-4H,2,5H2,1H3. The summed E-state index contributed by atoms with van der Waals surface area (Å²) in [5.74, 6) is -1.49. The zero-order chi connectivity index (χ0) is 12.1. The first-order valence-corrected chi connectivity index (χ1v) is 5.13. The van der Waals surface area contributed by atoms with Gasteiger partial charge >= 0.3 is 5.97 Å². The van der Waals surface area contributed by atoms with E-state index in [-0.39, 0.29) is 23.6 Å². The van der Waals surface area contributed by atoms with Crippen molar-refractivity contribution in [2.75, 3.05) is 6.61 Å². The van der Waals surface area contributed by atoms with E-state index in [1.165, 1.54) is 6.07 Å². The fourth-order valence-corrected chi connectivity index (χ4v) is 1.42. The van der Waals surface area contributed by atoms with Gasteiger partial charge in [0.2, 0.25) is 0 Å². The monoisotopic (exact) mass is 241 g/mol. The van der Waals surface area contributed by atoms with Gasteiger partial charge in [0.05, 0.1) is 23.8 Å². The molecule has 0 saturated heterocycles. The van der Waals surface area contributed by atoms with E-state index < -0.39 is 11.8 Å². The number of carbonyl (C=O) groups is 1. The van der Waals surface area contributed by atoms with Crippen molar-refractivity contribution in [1.29, 1.82) is 5.26 Å². The number of esters is 1. The van der Waals surface area contributed by atoms with Crippen molar-refractivity contribution in [3.8, 4) is 6.07 Å². The van der Waals surface area contributed by atoms with Crippen LogP contribution in [0.4, 0.5) is 4.39 Å². The van der Waals surface area contributed by atoms with Crippen LogP contribution in [0, 0.1) is 17.1 Å². The molecule has 0 radical (unpaired) electrons. The first-order chi connectivity index (χ1) is 7.63. The Balaban J connectivity index is 3.22. The Bertz CT molecular complexity index is 454. The van der Waals surface area contributed by atoms with Gasteiger partial charge in [0.25, 0.3) is 0 Å². The zero-order valence-corrected chi connectivity index (χ0v) is 9.34. The summed E-state index contributed by atoms with van der Waals surface area (Å²) in [6, 6.07) is 4.05. The zero-order valence-electron chi connectivity index (χ0n) is 8.59. The average molecular weight is 242 g/mol. The molecule has 1 aromatic carbocycles. The van der Waals surface area contributed by atoms with Gasteiger partial charge in [-0.3, -0.25) is 0 Å². The fraction of sp³-hybridized carbons (Fsp3) is 0.273. The van der Waals surface area contributed by atoms with Crippen LogP contribution in [0.2, 0.25) is 0 Å². The molecule has 1 rings (SSSR count). The van der Waals surface area contributed by atoms with Gasteiger partial charge in [-0.25, -0.2) is 9.18 Å². The van der Waals surface area contributed by atoms with Gasteiger partial charge in [-0.1, -0.05) is 0 Å². The van der Waals surface area contributed by atoms with Gasteiger partial charge in [-0.05, 0) is 24.6 Å². The number of benzene rings is 1. The third-order valence-corrected chi connectivity index (χ3v) is 2.24. The Morgan fingerprint density at radius 2 is 2.31 bits per heavy atom. The summed E-state index contributed by atoms with van der Waals surface area (Å²) in [6.07, 6.45) is 0. The highest BCUT2D eigenvalue weighted by atomic mass is 35.5. The van der Waals surface area contributed by atoms with E-state index in [0.717, 1.165) is 6.07 Å². The third kappa shape index (κ3) is 2.50. The Labute approximate surface area is 97.4 Å². The molecule has 0 saturated carbocycles. The van der Waals surface area contributed by atoms with E-state index in [9.17, 15) is 9.18 Å². The average Bonchev–Trinajstić information content (AvgIpc) is 2.28. The molecule has 0 bridgehead atoms. The third-order valence-electron chi connectivity index (χ3n) is 1.95. The molecule has 1 aromatic rings. The molecule has 84 valence electrons. The van der Waals surface area contributed by atoms with Crippen LogP contribution in [-0.4, -0.2) is 12.6 Å². The van der Waals surface area contributed by atoms with Gasteiger partial charge in [0, 0.05) is 5.88 Å². The number of ether oxygens (including phenoxy) is 1. The minimum absolute atomic E-state index is 0.0373. The van der Waals surface area contributed by atoms with Crippen molar-refractivity contribution in [3.63, 3.8) is 0 Å². The molecule has 0 aromatic heterocycles. The largest absolute Gasteiger partial charge is 0.462 e. The van der Waals surface area contributed by atoms with Crippen LogP contribution < -0.4 is 0 Å². The highest BCUT2D eigenvalue weighted by molar-refractivity contribution is 6.17. The molecule has 0 aliphatic heterocycles. The number of nitrogens with zero attached hydrogens (tertiary/aromatic N) is 1. The van der Waals surface area contributed by atoms with Crippen molar-refractivity contribution in [2.24, 2.45) is 0 Å². The van der Waals surface area contributed by atoms with Gasteiger partial charge in [-0.2, -0.15) is 5.26 Å². The van der Waals surface area contributed by atoms with E-state index in [0.29, 0.717) is 5.56 Å². The van der Waals surface area contributed by atoms with E-state index in [4.69, 9.17) is 16.9 Å². The summed E-state index contributed by atoms with van der Waals surface area (Å²) in [7, 11) is 0. The molecule has 0 fully saturated rings. The second-order valence-electron chi connectivity index (χ2n) is 2.96. The van der Waals surface area contributed by atoms with Crippen LogP contribution in [0.5, 0.6) is 0 Å². The van der Waals surface area contributed by atoms with E-state index in [2.05, 4.69) is 4.74 Å². The second-order valence-corrected chi connectivity index (χ2v) is 3.22. The molecule has 0 unspecified atom stereocenters. The number of halogens is 2. The molecule has 0 aliphatic rings. The Morgan fingerprint density at radius 3 is 2.81 bits per heavy atom. The topological polar surface area (TPSA) is 50.1 Å². The van der Waals surface area contributed by atoms with Crippen molar-refractivity contribution < 1.29 is 13.9 Å². The van der Waals surface area contributed by atoms with Crippen molar-refractivity contribution in [3.05, 3.63) is 34.6 Å². The number of carbonyl (C=O) groups excluding carboxylic acids is 1. The smallest absolute Gasteiger partial charge is 0.341 e. The van der Waals surface area contributed by atoms with Crippen LogP contribution >= 0.6 is 11.6 Å². The maximum atomic E-state index is 13.4. The number of nitriles is 1. The predicted molar refractivity (Wildman–Crippen MR) is 56.6 cm³/mol. The SMILES string of the molecule is CCOC(=O)c1cc(CCl)c(C#N)cc1F. The molecule has 0 aliphatic carbocycles. The van der Waals surface area contributed by atoms with Crippen LogP contribution in [-0.2, 0) is 10.6 Å². The Hall–Kier alpha value is -1.60. The quantitative estimate of drug-likeness (QED) is 0.604. The number of rotatable bonds is 3. The van der Waals surface area contributed by atoms with Gasteiger partial charge in [0.15, 0.2) is 0 Å². The summed E-state index contributed by atoms with van der Waals surface area (Å²) < 4.78 is 18.1. The highest BCUT2D eigenvalue weighted by Gasteiger charge is 2.16. The van der Waals surface area contributed by atoms with Crippen molar-refractivity contribution >= 4 is 17.6 Å². The molecule has 0 heterocycles. The minimum Gasteiger partial charge on any atom is -0.462 e. The van der Waals surface area contributed by atoms with Gasteiger partial charge < -0.3 is 4.74 Å². The van der Waals surface area contributed by atoms with Crippen LogP contribution in [0.15, 0.2) is 12.1 Å². The Morgan fingerprint density at radius 1 is 1.62 bits per heavy atom. The number of alkyl halides is 1. The molecule has 3 nitrogen and oxygen atoms in total. The van der Waals surface area contributed by atoms with Crippen molar-refractivity contribution in [1.82, 2.24) is 0 Å². The van der Waals surface area contributed by atoms with E-state index in [1.807, 2.05) is 6.07 Å². The summed E-state index contributed by atoms with van der Waals surface area (Å²) in [6.45, 7) is 1.79. The molecule has 16 heavy (non-hydrogen) atoms. The van der Waals surface area contributed by atoms with Gasteiger partial charge in [-0.15, -0.1) is 11.6 Å². The lowest BCUT2D eigenvalue weighted by molar-refractivity contribution is 0.0521. The van der Waals surface area contributed by atoms with Gasteiger partial charge in [0.1, 0.15) is 5.82 Å². The molecule has 0 atom stereocenters. The minimum atomic E-state index is -0.774. The predicted octanol–water partition coefficient (Wildman–Crippen LogP) is 2.61. The summed E-state index contributed by atoms with van der Waals surface area (Å²) in [5, 5.41) is 8.72. The summed E-state index contributed by atoms with van der Waals surface area (Å²) >= 11 is 5.59. The second kappa shape index (κ2) is 5.47. The first-order valence-electron chi connectivity index (χ1n) is 4.59. The van der Waals surface area contributed by atoms with Crippen LogP contribution in [0.3, 0.4) is 0 Å². The lowest BCUT2D eigenvalue weighted by Crippen LogP contribution is -2.08. The van der Waals surface area contributed by atoms with E-state index >= 15 is 0 Å². The molecule has 0 amide bonds. The summed E-state index contributed by atoms with van der Waals surface area (Å²) in [5.41, 5.74) is 0.339. The van der Waals surface area contributed by atoms with Crippen LogP contribution in [0.1, 0.15) is 28.4 Å². The van der Waals surface area contributed by atoms with Crippen LogP contribution in [0.25, 0.3) is 0 Å². The van der Waals surface area contributed by atoms with Crippen molar-refractivity contribution in [2.45, 2.75) is 12.8 Å². The normalized spacial score (nSPS) is 9.62. The Kier molecular flexibility index (Phi) is 4.27. The molecule has 5 heteroatoms. The summed E-state index contributed by atoms with van der Waals surface area (Å²) in [4.78, 5) is 11.3. The maximum absolute atomic E-state index is 13.4. The molecular weight excluding hydrogens is 233 g/mol. The maximum Gasteiger partial charge on any atom is 0.341 e. The van der Waals surface area contributed by atoms with E-state index in [1.54, 1.807) is 6.92 Å². The lowest BCUT2D eigenvalue weighted by atomic mass is 10.1. The fourth-order valence-electron chi connectivity index (χ4n) is 1.20. The first kappa shape index (κ1) is 12.5. The highest BCUT2D eigenvalue weighted by Crippen LogP contribution is 2.18. The number of hydrogen-bond acceptors (Lipinski definition) is 3. The molecule has 0 spiro atoms. The molecule has 0 N–H and O–H groups in total. The number of hydrogen-bond donors (Lipinski definition) is 0. The lowest BCUT2D eigenvalue weighted by Gasteiger charge is -2.06. The molecular formula is C11H9ClFNO2.